The van der Waals surface area contributed by atoms with Crippen molar-refractivity contribution >= 4 is 28.1 Å². The van der Waals surface area contributed by atoms with Gasteiger partial charge in [0, 0.05) is 48.0 Å². The van der Waals surface area contributed by atoms with Crippen LogP contribution < -0.4 is 4.74 Å². The summed E-state index contributed by atoms with van der Waals surface area (Å²) in [5.41, 5.74) is 2.85. The van der Waals surface area contributed by atoms with E-state index in [1.807, 2.05) is 19.2 Å². The van der Waals surface area contributed by atoms with Crippen LogP contribution >= 0.6 is 11.3 Å². The molecule has 0 aliphatic rings. The second-order valence-corrected chi connectivity index (χ2v) is 8.47. The molecule has 0 radical (unpaired) electrons. The van der Waals surface area contributed by atoms with E-state index in [1.54, 1.807) is 30.3 Å². The van der Waals surface area contributed by atoms with Gasteiger partial charge >= 0.3 is 0 Å². The summed E-state index contributed by atoms with van der Waals surface area (Å²) in [6.45, 7) is 2.21. The summed E-state index contributed by atoms with van der Waals surface area (Å²) in [6.07, 6.45) is 3.99. The number of amides is 1. The number of nitrogens with zero attached hydrogens (tertiary/aromatic N) is 3. The van der Waals surface area contributed by atoms with E-state index >= 15 is 0 Å². The number of ether oxygens (including phenoxy) is 1. The number of aliphatic hydroxyl groups is 1. The lowest BCUT2D eigenvalue weighted by Crippen LogP contribution is -2.35. The number of aromatic nitrogens is 3. The van der Waals surface area contributed by atoms with E-state index in [-0.39, 0.29) is 24.9 Å². The number of halogens is 1. The Morgan fingerprint density at radius 3 is 2.84 bits per heavy atom. The number of methoxy groups -OCH3 is 1. The summed E-state index contributed by atoms with van der Waals surface area (Å²) in [6, 6.07) is 8.16. The molecule has 0 aliphatic carbocycles. The number of H-pyrrole nitrogens is 1. The van der Waals surface area contributed by atoms with E-state index < -0.39 is 0 Å². The van der Waals surface area contributed by atoms with Gasteiger partial charge in [0.2, 0.25) is 5.88 Å². The van der Waals surface area contributed by atoms with Crippen LogP contribution in [0.15, 0.2) is 42.7 Å². The molecule has 3 aromatic heterocycles. The largest absolute Gasteiger partial charge is 0.481 e. The number of nitrogens with one attached hydrogen (secondary N) is 1. The number of fused-ring (bicyclic) bond motifs is 1. The first-order chi connectivity index (χ1) is 15.5. The van der Waals surface area contributed by atoms with Crippen molar-refractivity contribution in [2.75, 3.05) is 26.8 Å². The average Bonchev–Trinajstić information content (AvgIpc) is 3.39. The summed E-state index contributed by atoms with van der Waals surface area (Å²) in [4.78, 5) is 27.5. The molecule has 9 heteroatoms. The van der Waals surface area contributed by atoms with Crippen LogP contribution in [0.2, 0.25) is 0 Å². The molecule has 1 amide bonds. The SMILES string of the molecule is COc1ccc(-c2sc(C)nc2C(=O)N(CCO)CCc2c[nH]c3ccc(F)cc23)cn1. The predicted octanol–water partition coefficient (Wildman–Crippen LogP) is 3.82. The predicted molar refractivity (Wildman–Crippen MR) is 122 cm³/mol. The number of carbonyl (C=O) groups is 1. The second kappa shape index (κ2) is 9.46. The fourth-order valence-electron chi connectivity index (χ4n) is 3.60. The van der Waals surface area contributed by atoms with Crippen LogP contribution in [0, 0.1) is 12.7 Å². The number of thiazole rings is 1. The van der Waals surface area contributed by atoms with Crippen molar-refractivity contribution in [3.63, 3.8) is 0 Å². The first-order valence-corrected chi connectivity index (χ1v) is 10.9. The smallest absolute Gasteiger partial charge is 0.274 e. The number of aromatic amines is 1. The molecule has 0 saturated heterocycles. The average molecular weight is 455 g/mol. The van der Waals surface area contributed by atoms with Gasteiger partial charge in [0.25, 0.3) is 5.91 Å². The van der Waals surface area contributed by atoms with Gasteiger partial charge in [-0.3, -0.25) is 4.79 Å². The van der Waals surface area contributed by atoms with Gasteiger partial charge < -0.3 is 19.7 Å². The van der Waals surface area contributed by atoms with Crippen LogP contribution in [0.5, 0.6) is 5.88 Å². The number of rotatable bonds is 8. The Morgan fingerprint density at radius 1 is 1.28 bits per heavy atom. The van der Waals surface area contributed by atoms with Crippen molar-refractivity contribution < 1.29 is 19.0 Å². The van der Waals surface area contributed by atoms with Crippen molar-refractivity contribution in [2.24, 2.45) is 0 Å². The monoisotopic (exact) mass is 454 g/mol. The van der Waals surface area contributed by atoms with Crippen molar-refractivity contribution in [2.45, 2.75) is 13.3 Å². The lowest BCUT2D eigenvalue weighted by Gasteiger charge is -2.21. The zero-order valence-electron chi connectivity index (χ0n) is 17.8. The van der Waals surface area contributed by atoms with E-state index in [0.717, 1.165) is 31.9 Å². The van der Waals surface area contributed by atoms with Gasteiger partial charge in [-0.1, -0.05) is 0 Å². The molecular formula is C23H23FN4O3S. The molecule has 0 aliphatic heterocycles. The van der Waals surface area contributed by atoms with Crippen molar-refractivity contribution in [3.8, 4) is 16.3 Å². The number of aryl methyl sites for hydroxylation is 1. The van der Waals surface area contributed by atoms with E-state index in [9.17, 15) is 14.3 Å². The fourth-order valence-corrected chi connectivity index (χ4v) is 4.50. The first-order valence-electron chi connectivity index (χ1n) is 10.1. The van der Waals surface area contributed by atoms with Gasteiger partial charge in [0.1, 0.15) is 11.5 Å². The molecule has 32 heavy (non-hydrogen) atoms. The van der Waals surface area contributed by atoms with Gasteiger partial charge in [0.05, 0.1) is 23.6 Å². The molecule has 0 saturated carbocycles. The van der Waals surface area contributed by atoms with E-state index in [2.05, 4.69) is 15.0 Å². The normalized spacial score (nSPS) is 11.1. The van der Waals surface area contributed by atoms with Gasteiger partial charge in [0.15, 0.2) is 0 Å². The maximum absolute atomic E-state index is 13.7. The van der Waals surface area contributed by atoms with Crippen LogP contribution in [0.4, 0.5) is 4.39 Å². The third-order valence-corrected chi connectivity index (χ3v) is 6.20. The minimum atomic E-state index is -0.308. The Bertz CT molecular complexity index is 1240. The number of carbonyl (C=O) groups excluding carboxylic acids is 1. The quantitative estimate of drug-likeness (QED) is 0.422. The van der Waals surface area contributed by atoms with Crippen LogP contribution in [-0.4, -0.2) is 57.7 Å². The number of pyridine rings is 1. The summed E-state index contributed by atoms with van der Waals surface area (Å²) in [7, 11) is 1.54. The molecule has 0 unspecified atom stereocenters. The van der Waals surface area contributed by atoms with E-state index in [0.29, 0.717) is 24.5 Å². The minimum absolute atomic E-state index is 0.170. The standard InChI is InChI=1S/C23H23FN4O3S/c1-14-27-21(22(32-14)16-3-6-20(31-2)26-13-16)23(30)28(9-10-29)8-7-15-12-25-19-5-4-17(24)11-18(15)19/h3-6,11-13,25,29H,7-10H2,1-2H3. The lowest BCUT2D eigenvalue weighted by molar-refractivity contribution is 0.0719. The highest BCUT2D eigenvalue weighted by atomic mass is 32.1. The highest BCUT2D eigenvalue weighted by Gasteiger charge is 2.24. The zero-order valence-corrected chi connectivity index (χ0v) is 18.6. The number of hydrogen-bond donors (Lipinski definition) is 2. The number of benzene rings is 1. The van der Waals surface area contributed by atoms with E-state index in [1.165, 1.54) is 23.5 Å². The Morgan fingerprint density at radius 2 is 2.12 bits per heavy atom. The van der Waals surface area contributed by atoms with Crippen molar-refractivity contribution in [1.82, 2.24) is 19.9 Å². The van der Waals surface area contributed by atoms with E-state index in [4.69, 9.17) is 4.74 Å². The van der Waals surface area contributed by atoms with Crippen LogP contribution in [-0.2, 0) is 6.42 Å². The van der Waals surface area contributed by atoms with Crippen LogP contribution in [0.1, 0.15) is 21.1 Å². The Labute approximate surface area is 188 Å². The maximum Gasteiger partial charge on any atom is 0.274 e. The lowest BCUT2D eigenvalue weighted by atomic mass is 10.1. The molecule has 0 spiro atoms. The molecular weight excluding hydrogens is 431 g/mol. The molecule has 0 fully saturated rings. The second-order valence-electron chi connectivity index (χ2n) is 7.27. The summed E-state index contributed by atoms with van der Waals surface area (Å²) < 4.78 is 18.8. The van der Waals surface area contributed by atoms with Gasteiger partial charge in [-0.15, -0.1) is 11.3 Å². The Hall–Kier alpha value is -3.30. The first kappa shape index (κ1) is 21.9. The topological polar surface area (TPSA) is 91.3 Å². The van der Waals surface area contributed by atoms with Crippen molar-refractivity contribution in [3.05, 3.63) is 64.8 Å². The summed E-state index contributed by atoms with van der Waals surface area (Å²) in [5.74, 6) is -0.0856. The van der Waals surface area contributed by atoms with Gasteiger partial charge in [-0.05, 0) is 43.2 Å². The fraction of sp³-hybridized carbons (Fsp3) is 0.261. The molecule has 166 valence electrons. The molecule has 4 aromatic rings. The third-order valence-electron chi connectivity index (χ3n) is 5.18. The van der Waals surface area contributed by atoms with Gasteiger partial charge in [-0.25, -0.2) is 14.4 Å². The number of hydrogen-bond acceptors (Lipinski definition) is 6. The molecule has 0 atom stereocenters. The summed E-state index contributed by atoms with van der Waals surface area (Å²) >= 11 is 1.42. The number of aliphatic hydroxyl groups excluding tert-OH is 1. The van der Waals surface area contributed by atoms with Crippen LogP contribution in [0.3, 0.4) is 0 Å². The van der Waals surface area contributed by atoms with Crippen molar-refractivity contribution in [1.29, 1.82) is 0 Å². The molecule has 4 rings (SSSR count). The highest BCUT2D eigenvalue weighted by Crippen LogP contribution is 2.31. The third kappa shape index (κ3) is 4.49. The zero-order chi connectivity index (χ0) is 22.7. The highest BCUT2D eigenvalue weighted by molar-refractivity contribution is 7.15. The Balaban J connectivity index is 1.58. The van der Waals surface area contributed by atoms with Gasteiger partial charge in [-0.2, -0.15) is 0 Å². The maximum atomic E-state index is 13.7. The molecule has 2 N–H and O–H groups in total. The van der Waals surface area contributed by atoms with Crippen LogP contribution in [0.25, 0.3) is 21.3 Å². The molecule has 7 nitrogen and oxygen atoms in total. The molecule has 1 aromatic carbocycles. The molecule has 3 heterocycles. The minimum Gasteiger partial charge on any atom is -0.481 e. The summed E-state index contributed by atoms with van der Waals surface area (Å²) in [5, 5.41) is 11.1. The Kier molecular flexibility index (Phi) is 6.48. The molecule has 0 bridgehead atoms.